The van der Waals surface area contributed by atoms with Crippen molar-refractivity contribution in [1.29, 1.82) is 0 Å². The van der Waals surface area contributed by atoms with Gasteiger partial charge in [-0.2, -0.15) is 29.5 Å². The van der Waals surface area contributed by atoms with Crippen molar-refractivity contribution < 1.29 is 27.4 Å². The van der Waals surface area contributed by atoms with Gasteiger partial charge in [0.2, 0.25) is 5.82 Å². The van der Waals surface area contributed by atoms with Crippen molar-refractivity contribution in [3.8, 4) is 17.2 Å². The Morgan fingerprint density at radius 2 is 2.12 bits per heavy atom. The predicted octanol–water partition coefficient (Wildman–Crippen LogP) is 4.30. The first kappa shape index (κ1) is 16.9. The van der Waals surface area contributed by atoms with Crippen LogP contribution in [0, 0.1) is 10.1 Å². The SMILES string of the molecule is O=[N+]([O-])c1ccc(OCc2noc(-c3ccsc3)n2)c(C(F)(F)F)c1. The Balaban J connectivity index is 1.80. The van der Waals surface area contributed by atoms with E-state index in [1.807, 2.05) is 5.38 Å². The van der Waals surface area contributed by atoms with Gasteiger partial charge in [-0.3, -0.25) is 10.1 Å². The molecule has 0 aliphatic heterocycles. The van der Waals surface area contributed by atoms with Crippen LogP contribution < -0.4 is 4.74 Å². The molecule has 0 bridgehead atoms. The summed E-state index contributed by atoms with van der Waals surface area (Å²) in [5, 5.41) is 17.9. The molecule has 0 aliphatic rings. The zero-order chi connectivity index (χ0) is 18.0. The Morgan fingerprint density at radius 1 is 1.32 bits per heavy atom. The van der Waals surface area contributed by atoms with Crippen LogP contribution in [-0.2, 0) is 12.8 Å². The lowest BCUT2D eigenvalue weighted by Gasteiger charge is -2.12. The second-order valence-electron chi connectivity index (χ2n) is 4.75. The standard InChI is InChI=1S/C14H8F3N3O4S/c15-14(16,17)10-5-9(20(21)22)1-2-11(10)23-6-12-18-13(24-19-12)8-3-4-25-7-8/h1-5,7H,6H2. The molecule has 0 amide bonds. The summed E-state index contributed by atoms with van der Waals surface area (Å²) in [6, 6.07) is 3.99. The molecule has 25 heavy (non-hydrogen) atoms. The molecule has 7 nitrogen and oxygen atoms in total. The highest BCUT2D eigenvalue weighted by molar-refractivity contribution is 7.08. The lowest BCUT2D eigenvalue weighted by atomic mass is 10.1. The van der Waals surface area contributed by atoms with Gasteiger partial charge in [0.15, 0.2) is 6.61 Å². The number of benzene rings is 1. The maximum atomic E-state index is 13.1. The Morgan fingerprint density at radius 3 is 2.76 bits per heavy atom. The quantitative estimate of drug-likeness (QED) is 0.490. The second-order valence-corrected chi connectivity index (χ2v) is 5.53. The van der Waals surface area contributed by atoms with Crippen LogP contribution in [0.4, 0.5) is 18.9 Å². The van der Waals surface area contributed by atoms with Crippen molar-refractivity contribution in [1.82, 2.24) is 10.1 Å². The number of hydrogen-bond donors (Lipinski definition) is 0. The van der Waals surface area contributed by atoms with Crippen LogP contribution in [0.5, 0.6) is 5.75 Å². The summed E-state index contributed by atoms with van der Waals surface area (Å²) in [5.41, 5.74) is -1.24. The van der Waals surface area contributed by atoms with Gasteiger partial charge in [-0.05, 0) is 17.5 Å². The largest absolute Gasteiger partial charge is 0.485 e. The number of nitro groups is 1. The smallest absolute Gasteiger partial charge is 0.420 e. The third kappa shape index (κ3) is 3.76. The maximum Gasteiger partial charge on any atom is 0.420 e. The van der Waals surface area contributed by atoms with Crippen LogP contribution in [0.2, 0.25) is 0 Å². The first-order chi connectivity index (χ1) is 11.8. The lowest BCUT2D eigenvalue weighted by molar-refractivity contribution is -0.385. The van der Waals surface area contributed by atoms with Crippen molar-refractivity contribution >= 4 is 17.0 Å². The van der Waals surface area contributed by atoms with Gasteiger partial charge in [0, 0.05) is 17.5 Å². The summed E-state index contributed by atoms with van der Waals surface area (Å²) in [7, 11) is 0. The van der Waals surface area contributed by atoms with Crippen molar-refractivity contribution in [2.45, 2.75) is 12.8 Å². The third-order valence-electron chi connectivity index (χ3n) is 3.07. The van der Waals surface area contributed by atoms with Gasteiger partial charge < -0.3 is 9.26 Å². The summed E-state index contributed by atoms with van der Waals surface area (Å²) >= 11 is 1.42. The lowest BCUT2D eigenvalue weighted by Crippen LogP contribution is -2.10. The molecule has 0 atom stereocenters. The van der Waals surface area contributed by atoms with E-state index in [-0.39, 0.29) is 18.3 Å². The summed E-state index contributed by atoms with van der Waals surface area (Å²) in [6.07, 6.45) is -4.81. The summed E-state index contributed by atoms with van der Waals surface area (Å²) in [5.74, 6) is -0.285. The molecule has 11 heteroatoms. The molecule has 130 valence electrons. The van der Waals surface area contributed by atoms with Gasteiger partial charge in [0.05, 0.1) is 10.5 Å². The molecule has 3 rings (SSSR count). The second kappa shape index (κ2) is 6.51. The third-order valence-corrected chi connectivity index (χ3v) is 3.76. The average Bonchev–Trinajstić information content (AvgIpc) is 3.23. The molecule has 0 saturated heterocycles. The van der Waals surface area contributed by atoms with Crippen molar-refractivity contribution in [2.75, 3.05) is 0 Å². The number of thiophene rings is 1. The molecule has 3 aromatic rings. The van der Waals surface area contributed by atoms with E-state index in [0.29, 0.717) is 11.6 Å². The van der Waals surface area contributed by atoms with E-state index in [2.05, 4.69) is 10.1 Å². The van der Waals surface area contributed by atoms with E-state index >= 15 is 0 Å². The monoisotopic (exact) mass is 371 g/mol. The molecule has 2 heterocycles. The summed E-state index contributed by atoms with van der Waals surface area (Å²) in [6.45, 7) is -0.380. The van der Waals surface area contributed by atoms with Crippen LogP contribution in [0.15, 0.2) is 39.5 Å². The number of nitrogens with zero attached hydrogens (tertiary/aromatic N) is 3. The van der Waals surface area contributed by atoms with Crippen LogP contribution in [0.1, 0.15) is 11.4 Å². The number of halogens is 3. The normalized spacial score (nSPS) is 11.5. The van der Waals surface area contributed by atoms with E-state index in [0.717, 1.165) is 12.1 Å². The van der Waals surface area contributed by atoms with E-state index in [9.17, 15) is 23.3 Å². The molecular weight excluding hydrogens is 363 g/mol. The molecule has 0 spiro atoms. The Hall–Kier alpha value is -2.95. The minimum Gasteiger partial charge on any atom is -0.485 e. The minimum absolute atomic E-state index is 0.0488. The molecule has 0 unspecified atom stereocenters. The molecule has 0 saturated carbocycles. The van der Waals surface area contributed by atoms with Gasteiger partial charge in [0.1, 0.15) is 11.3 Å². The van der Waals surface area contributed by atoms with Gasteiger partial charge in [-0.15, -0.1) is 0 Å². The maximum absolute atomic E-state index is 13.1. The Bertz CT molecular complexity index is 893. The highest BCUT2D eigenvalue weighted by atomic mass is 32.1. The van der Waals surface area contributed by atoms with Crippen molar-refractivity contribution in [3.63, 3.8) is 0 Å². The first-order valence-electron chi connectivity index (χ1n) is 6.68. The highest BCUT2D eigenvalue weighted by Crippen LogP contribution is 2.38. The number of ether oxygens (including phenoxy) is 1. The molecule has 2 aromatic heterocycles. The van der Waals surface area contributed by atoms with Gasteiger partial charge in [0.25, 0.3) is 11.6 Å². The van der Waals surface area contributed by atoms with Crippen molar-refractivity contribution in [3.05, 3.63) is 56.5 Å². The molecule has 0 fully saturated rings. The molecule has 0 aliphatic carbocycles. The van der Waals surface area contributed by atoms with Gasteiger partial charge >= 0.3 is 6.18 Å². The predicted molar refractivity (Wildman–Crippen MR) is 80.0 cm³/mol. The van der Waals surface area contributed by atoms with E-state index in [1.165, 1.54) is 11.3 Å². The fourth-order valence-electron chi connectivity index (χ4n) is 1.94. The van der Waals surface area contributed by atoms with Crippen molar-refractivity contribution in [2.24, 2.45) is 0 Å². The van der Waals surface area contributed by atoms with E-state index in [4.69, 9.17) is 9.26 Å². The van der Waals surface area contributed by atoms with Gasteiger partial charge in [-0.25, -0.2) is 0 Å². The van der Waals surface area contributed by atoms with Crippen LogP contribution >= 0.6 is 11.3 Å². The molecule has 1 aromatic carbocycles. The fourth-order valence-corrected chi connectivity index (χ4v) is 2.57. The molecular formula is C14H8F3N3O4S. The van der Waals surface area contributed by atoms with Gasteiger partial charge in [-0.1, -0.05) is 5.16 Å². The van der Waals surface area contributed by atoms with Crippen LogP contribution in [-0.4, -0.2) is 15.1 Å². The van der Waals surface area contributed by atoms with E-state index in [1.54, 1.807) is 11.4 Å². The Labute approximate surface area is 141 Å². The molecule has 0 radical (unpaired) electrons. The summed E-state index contributed by atoms with van der Waals surface area (Å²) < 4.78 is 49.3. The number of rotatable bonds is 5. The fraction of sp³-hybridized carbons (Fsp3) is 0.143. The minimum atomic E-state index is -4.81. The summed E-state index contributed by atoms with van der Waals surface area (Å²) in [4.78, 5) is 13.8. The van der Waals surface area contributed by atoms with Crippen LogP contribution in [0.25, 0.3) is 11.5 Å². The average molecular weight is 371 g/mol. The Kier molecular flexibility index (Phi) is 4.40. The van der Waals surface area contributed by atoms with Crippen LogP contribution in [0.3, 0.4) is 0 Å². The topological polar surface area (TPSA) is 91.3 Å². The number of hydrogen-bond acceptors (Lipinski definition) is 7. The molecule has 0 N–H and O–H groups in total. The zero-order valence-electron chi connectivity index (χ0n) is 12.2. The zero-order valence-corrected chi connectivity index (χ0v) is 13.0. The first-order valence-corrected chi connectivity index (χ1v) is 7.62. The number of alkyl halides is 3. The van der Waals surface area contributed by atoms with E-state index < -0.39 is 28.1 Å². The number of aromatic nitrogens is 2. The number of non-ortho nitro benzene ring substituents is 1. The highest BCUT2D eigenvalue weighted by Gasteiger charge is 2.36. The number of nitro benzene ring substituents is 1.